The van der Waals surface area contributed by atoms with Crippen LogP contribution in [-0.2, 0) is 6.42 Å². The molecule has 1 aromatic carbocycles. The molecular weight excluding hydrogens is 178 g/mol. The first-order valence-electron chi connectivity index (χ1n) is 4.67. The summed E-state index contributed by atoms with van der Waals surface area (Å²) in [5.74, 6) is 0. The molecule has 0 amide bonds. The number of nitrogens with zero attached hydrogens (tertiary/aromatic N) is 1. The van der Waals surface area contributed by atoms with E-state index in [1.165, 1.54) is 6.07 Å². The first-order valence-corrected chi connectivity index (χ1v) is 4.67. The van der Waals surface area contributed by atoms with Gasteiger partial charge in [-0.2, -0.15) is 0 Å². The van der Waals surface area contributed by atoms with E-state index >= 15 is 0 Å². The lowest BCUT2D eigenvalue weighted by Crippen LogP contribution is -1.90. The lowest BCUT2D eigenvalue weighted by Gasteiger charge is -1.99. The normalized spacial score (nSPS) is 10.1. The second kappa shape index (κ2) is 5.37. The van der Waals surface area contributed by atoms with Gasteiger partial charge in [-0.3, -0.25) is 10.1 Å². The average molecular weight is 191 g/mol. The van der Waals surface area contributed by atoms with Crippen molar-refractivity contribution in [3.05, 3.63) is 46.9 Å². The van der Waals surface area contributed by atoms with Crippen molar-refractivity contribution in [3.8, 4) is 0 Å². The zero-order valence-corrected chi connectivity index (χ0v) is 7.98. The minimum absolute atomic E-state index is 0.162. The van der Waals surface area contributed by atoms with Gasteiger partial charge in [0.05, 0.1) is 4.92 Å². The van der Waals surface area contributed by atoms with Crippen LogP contribution in [0.25, 0.3) is 0 Å². The third-order valence-electron chi connectivity index (χ3n) is 2.04. The van der Waals surface area contributed by atoms with Gasteiger partial charge in [-0.25, -0.2) is 0 Å². The number of non-ortho nitro benzene ring substituents is 1. The van der Waals surface area contributed by atoms with E-state index in [9.17, 15) is 10.1 Å². The molecule has 0 N–H and O–H groups in total. The Morgan fingerprint density at radius 3 is 2.79 bits per heavy atom. The Bertz CT molecular complexity index is 310. The van der Waals surface area contributed by atoms with Crippen molar-refractivity contribution in [3.63, 3.8) is 0 Å². The highest BCUT2D eigenvalue weighted by Crippen LogP contribution is 2.15. The molecule has 0 bridgehead atoms. The monoisotopic (exact) mass is 191 g/mol. The van der Waals surface area contributed by atoms with Gasteiger partial charge in [0.2, 0.25) is 0 Å². The summed E-state index contributed by atoms with van der Waals surface area (Å²) >= 11 is 0. The van der Waals surface area contributed by atoms with Crippen molar-refractivity contribution in [2.45, 2.75) is 25.7 Å². The van der Waals surface area contributed by atoms with Crippen molar-refractivity contribution in [2.75, 3.05) is 0 Å². The van der Waals surface area contributed by atoms with Crippen LogP contribution in [0.3, 0.4) is 0 Å². The number of hydrogen-bond acceptors (Lipinski definition) is 2. The van der Waals surface area contributed by atoms with E-state index < -0.39 is 0 Å². The Morgan fingerprint density at radius 1 is 1.36 bits per heavy atom. The van der Waals surface area contributed by atoms with Crippen molar-refractivity contribution in [1.82, 2.24) is 0 Å². The summed E-state index contributed by atoms with van der Waals surface area (Å²) in [5.41, 5.74) is 1.17. The van der Waals surface area contributed by atoms with Crippen LogP contribution in [-0.4, -0.2) is 4.92 Å². The quantitative estimate of drug-likeness (QED) is 0.408. The zero-order chi connectivity index (χ0) is 10.4. The van der Waals surface area contributed by atoms with Crippen molar-refractivity contribution < 1.29 is 4.92 Å². The molecule has 0 saturated heterocycles. The number of aryl methyl sites for hydroxylation is 1. The summed E-state index contributed by atoms with van der Waals surface area (Å²) < 4.78 is 0. The number of unbranched alkanes of at least 4 members (excludes halogenated alkanes) is 2. The SMILES string of the molecule is [CH]CCCCc1cccc([N+](=O)[O-])c1. The predicted octanol–water partition coefficient (Wildman–Crippen LogP) is 3.02. The van der Waals surface area contributed by atoms with E-state index in [-0.39, 0.29) is 10.6 Å². The van der Waals surface area contributed by atoms with Crippen LogP contribution >= 0.6 is 0 Å². The summed E-state index contributed by atoms with van der Waals surface area (Å²) in [6, 6.07) is 6.75. The molecule has 0 heterocycles. The first-order chi connectivity index (χ1) is 6.74. The number of benzene rings is 1. The van der Waals surface area contributed by atoms with Crippen LogP contribution in [0.4, 0.5) is 5.69 Å². The number of hydrogen-bond donors (Lipinski definition) is 0. The van der Waals surface area contributed by atoms with E-state index in [4.69, 9.17) is 6.92 Å². The molecule has 0 unspecified atom stereocenters. The highest BCUT2D eigenvalue weighted by atomic mass is 16.6. The van der Waals surface area contributed by atoms with Gasteiger partial charge in [-0.15, -0.1) is 0 Å². The highest BCUT2D eigenvalue weighted by Gasteiger charge is 2.04. The summed E-state index contributed by atoms with van der Waals surface area (Å²) in [4.78, 5) is 10.1. The maximum absolute atomic E-state index is 10.5. The largest absolute Gasteiger partial charge is 0.269 e. The van der Waals surface area contributed by atoms with Gasteiger partial charge in [0.1, 0.15) is 0 Å². The van der Waals surface area contributed by atoms with Crippen molar-refractivity contribution >= 4 is 5.69 Å². The van der Waals surface area contributed by atoms with Gasteiger partial charge in [0.25, 0.3) is 5.69 Å². The Labute approximate surface area is 83.9 Å². The molecule has 1 rings (SSSR count). The fourth-order valence-electron chi connectivity index (χ4n) is 1.30. The summed E-state index contributed by atoms with van der Waals surface area (Å²) in [7, 11) is 0. The minimum Gasteiger partial charge on any atom is -0.258 e. The van der Waals surface area contributed by atoms with Crippen LogP contribution < -0.4 is 0 Å². The van der Waals surface area contributed by atoms with Gasteiger partial charge >= 0.3 is 0 Å². The molecule has 14 heavy (non-hydrogen) atoms. The Balaban J connectivity index is 2.59. The van der Waals surface area contributed by atoms with Gasteiger partial charge < -0.3 is 0 Å². The molecule has 1 aromatic rings. The number of rotatable bonds is 5. The smallest absolute Gasteiger partial charge is 0.258 e. The van der Waals surface area contributed by atoms with E-state index in [2.05, 4.69) is 0 Å². The Kier molecular flexibility index (Phi) is 4.11. The standard InChI is InChI=1S/C11H13NO2/c1-2-3-4-6-10-7-5-8-11(9-10)12(13)14/h1,5,7-9H,2-4,6H2. The molecule has 0 aromatic heterocycles. The number of nitro groups is 1. The van der Waals surface area contributed by atoms with E-state index in [1.807, 2.05) is 6.07 Å². The third-order valence-corrected chi connectivity index (χ3v) is 2.04. The molecule has 3 heteroatoms. The molecule has 3 nitrogen and oxygen atoms in total. The Morgan fingerprint density at radius 2 is 2.14 bits per heavy atom. The first kappa shape index (κ1) is 10.7. The van der Waals surface area contributed by atoms with Crippen LogP contribution in [0.2, 0.25) is 0 Å². The average Bonchev–Trinajstić information content (AvgIpc) is 2.19. The molecule has 74 valence electrons. The summed E-state index contributed by atoms with van der Waals surface area (Å²) in [5, 5.41) is 10.5. The van der Waals surface area contributed by atoms with Gasteiger partial charge in [-0.05, 0) is 31.7 Å². The van der Waals surface area contributed by atoms with Crippen LogP contribution in [0.1, 0.15) is 24.8 Å². The van der Waals surface area contributed by atoms with Gasteiger partial charge in [0.15, 0.2) is 0 Å². The van der Waals surface area contributed by atoms with Crippen molar-refractivity contribution in [1.29, 1.82) is 0 Å². The lowest BCUT2D eigenvalue weighted by molar-refractivity contribution is -0.384. The lowest BCUT2D eigenvalue weighted by atomic mass is 10.1. The molecule has 0 spiro atoms. The topological polar surface area (TPSA) is 43.1 Å². The molecule has 0 aliphatic rings. The fourth-order valence-corrected chi connectivity index (χ4v) is 1.30. The van der Waals surface area contributed by atoms with Crippen LogP contribution in [0, 0.1) is 17.0 Å². The van der Waals surface area contributed by atoms with Gasteiger partial charge in [0, 0.05) is 12.1 Å². The van der Waals surface area contributed by atoms with Crippen LogP contribution in [0.5, 0.6) is 0 Å². The van der Waals surface area contributed by atoms with Gasteiger partial charge in [-0.1, -0.05) is 18.6 Å². The summed E-state index contributed by atoms with van der Waals surface area (Å²) in [6.45, 7) is 5.36. The molecular formula is C11H13NO2. The second-order valence-electron chi connectivity index (χ2n) is 3.17. The molecule has 0 saturated carbocycles. The van der Waals surface area contributed by atoms with Crippen molar-refractivity contribution in [2.24, 2.45) is 0 Å². The zero-order valence-electron chi connectivity index (χ0n) is 7.98. The summed E-state index contributed by atoms with van der Waals surface area (Å²) in [6.07, 6.45) is 3.48. The number of nitro benzene ring substituents is 1. The Hall–Kier alpha value is -1.38. The fraction of sp³-hybridized carbons (Fsp3) is 0.364. The van der Waals surface area contributed by atoms with Crippen LogP contribution in [0.15, 0.2) is 24.3 Å². The van der Waals surface area contributed by atoms with E-state index in [1.54, 1.807) is 12.1 Å². The molecule has 2 radical (unpaired) electrons. The molecule has 0 atom stereocenters. The molecule has 0 fully saturated rings. The predicted molar refractivity (Wildman–Crippen MR) is 55.0 cm³/mol. The highest BCUT2D eigenvalue weighted by molar-refractivity contribution is 5.34. The maximum Gasteiger partial charge on any atom is 0.269 e. The minimum atomic E-state index is -0.369. The molecule has 0 aliphatic carbocycles. The third kappa shape index (κ3) is 3.17. The van der Waals surface area contributed by atoms with E-state index in [0.29, 0.717) is 6.42 Å². The van der Waals surface area contributed by atoms with E-state index in [0.717, 1.165) is 24.8 Å². The maximum atomic E-state index is 10.5. The second-order valence-corrected chi connectivity index (χ2v) is 3.17. The molecule has 0 aliphatic heterocycles.